The molecule has 0 bridgehead atoms. The van der Waals surface area contributed by atoms with Crippen molar-refractivity contribution < 1.29 is 18.0 Å². The minimum atomic E-state index is -4.44. The zero-order chi connectivity index (χ0) is 21.6. The third-order valence-electron chi connectivity index (χ3n) is 5.15. The van der Waals surface area contributed by atoms with Gasteiger partial charge in [0.2, 0.25) is 0 Å². The van der Waals surface area contributed by atoms with Crippen LogP contribution in [0.3, 0.4) is 0 Å². The van der Waals surface area contributed by atoms with Crippen LogP contribution in [0.25, 0.3) is 11.6 Å². The van der Waals surface area contributed by atoms with Crippen LogP contribution >= 0.6 is 0 Å². The SMILES string of the molecule is Cc1cc(C)c(/C=C2\C(=O)N(Cc3cccc(C(F)(F)F)c3)c3ccc(N)cc32)[nH]1. The standard InChI is InChI=1S/C23H20F3N3O/c1-13-8-14(2)28-20(13)11-19-18-10-17(27)6-7-21(18)29(22(19)30)12-15-4-3-5-16(9-15)23(24,25)26/h3-11,28H,12,27H2,1-2H3/b19-11-. The summed E-state index contributed by atoms with van der Waals surface area (Å²) in [5, 5.41) is 0. The summed E-state index contributed by atoms with van der Waals surface area (Å²) in [6, 6.07) is 12.1. The highest BCUT2D eigenvalue weighted by molar-refractivity contribution is 6.35. The molecule has 0 atom stereocenters. The highest BCUT2D eigenvalue weighted by Gasteiger charge is 2.34. The van der Waals surface area contributed by atoms with Gasteiger partial charge < -0.3 is 15.6 Å². The number of aromatic amines is 1. The number of hydrogen-bond donors (Lipinski definition) is 2. The lowest BCUT2D eigenvalue weighted by Gasteiger charge is -2.18. The lowest BCUT2D eigenvalue weighted by molar-refractivity contribution is -0.137. The molecule has 1 aliphatic rings. The number of H-pyrrole nitrogens is 1. The van der Waals surface area contributed by atoms with Crippen molar-refractivity contribution in [2.45, 2.75) is 26.6 Å². The Bertz CT molecular complexity index is 1170. The minimum Gasteiger partial charge on any atom is -0.399 e. The number of aryl methyl sites for hydroxylation is 2. The summed E-state index contributed by atoms with van der Waals surface area (Å²) in [6.07, 6.45) is -2.67. The van der Waals surface area contributed by atoms with Crippen LogP contribution in [0.4, 0.5) is 24.5 Å². The molecule has 0 fully saturated rings. The van der Waals surface area contributed by atoms with Crippen LogP contribution < -0.4 is 10.6 Å². The number of aromatic nitrogens is 1. The Balaban J connectivity index is 1.76. The van der Waals surface area contributed by atoms with Gasteiger partial charge in [0, 0.05) is 22.6 Å². The molecule has 0 spiro atoms. The molecule has 0 aliphatic carbocycles. The number of nitrogens with two attached hydrogens (primary N) is 1. The number of fused-ring (bicyclic) bond motifs is 1. The monoisotopic (exact) mass is 411 g/mol. The molecule has 1 amide bonds. The van der Waals surface area contributed by atoms with Gasteiger partial charge in [-0.1, -0.05) is 12.1 Å². The maximum atomic E-state index is 13.3. The van der Waals surface area contributed by atoms with Gasteiger partial charge in [-0.15, -0.1) is 0 Å². The van der Waals surface area contributed by atoms with Crippen molar-refractivity contribution in [3.05, 3.63) is 82.2 Å². The first-order valence-corrected chi connectivity index (χ1v) is 9.39. The number of hydrogen-bond acceptors (Lipinski definition) is 2. The average molecular weight is 411 g/mol. The van der Waals surface area contributed by atoms with Crippen molar-refractivity contribution in [1.82, 2.24) is 4.98 Å². The molecule has 1 aromatic heterocycles. The van der Waals surface area contributed by atoms with Crippen LogP contribution in [0.5, 0.6) is 0 Å². The Morgan fingerprint density at radius 3 is 2.53 bits per heavy atom. The number of halogens is 3. The molecule has 3 N–H and O–H groups in total. The van der Waals surface area contributed by atoms with Crippen molar-refractivity contribution in [2.24, 2.45) is 0 Å². The van der Waals surface area contributed by atoms with Crippen LogP contribution in [0.1, 0.15) is 33.6 Å². The van der Waals surface area contributed by atoms with E-state index in [0.29, 0.717) is 28.1 Å². The lowest BCUT2D eigenvalue weighted by Crippen LogP contribution is -2.25. The summed E-state index contributed by atoms with van der Waals surface area (Å²) >= 11 is 0. The summed E-state index contributed by atoms with van der Waals surface area (Å²) in [5.74, 6) is -0.278. The van der Waals surface area contributed by atoms with E-state index >= 15 is 0 Å². The number of anilines is 2. The second kappa shape index (κ2) is 7.09. The number of amides is 1. The van der Waals surface area contributed by atoms with E-state index in [2.05, 4.69) is 4.98 Å². The number of benzene rings is 2. The molecule has 30 heavy (non-hydrogen) atoms. The summed E-state index contributed by atoms with van der Waals surface area (Å²) in [5.41, 5.74) is 10.6. The highest BCUT2D eigenvalue weighted by atomic mass is 19.4. The molecule has 0 saturated carbocycles. The molecule has 4 rings (SSSR count). The van der Waals surface area contributed by atoms with Gasteiger partial charge in [0.1, 0.15) is 0 Å². The fraction of sp³-hybridized carbons (Fsp3) is 0.174. The molecule has 0 unspecified atom stereocenters. The van der Waals surface area contributed by atoms with Crippen molar-refractivity contribution >= 4 is 28.9 Å². The Hall–Kier alpha value is -3.48. The number of nitrogen functional groups attached to an aromatic ring is 1. The van der Waals surface area contributed by atoms with Crippen LogP contribution in [-0.4, -0.2) is 10.9 Å². The number of alkyl halides is 3. The highest BCUT2D eigenvalue weighted by Crippen LogP contribution is 2.40. The van der Waals surface area contributed by atoms with Crippen LogP contribution in [0.2, 0.25) is 0 Å². The van der Waals surface area contributed by atoms with Gasteiger partial charge in [-0.2, -0.15) is 13.2 Å². The largest absolute Gasteiger partial charge is 0.416 e. The molecule has 154 valence electrons. The summed E-state index contributed by atoms with van der Waals surface area (Å²) < 4.78 is 39.2. The van der Waals surface area contributed by atoms with Gasteiger partial charge in [-0.05, 0) is 67.4 Å². The van der Waals surface area contributed by atoms with Crippen molar-refractivity contribution in [3.63, 3.8) is 0 Å². The second-order valence-electron chi connectivity index (χ2n) is 7.47. The number of nitrogens with one attached hydrogen (secondary N) is 1. The lowest BCUT2D eigenvalue weighted by atomic mass is 10.0. The maximum Gasteiger partial charge on any atom is 0.416 e. The molecule has 2 heterocycles. The molecule has 7 heteroatoms. The quantitative estimate of drug-likeness (QED) is 0.453. The zero-order valence-corrected chi connectivity index (χ0v) is 16.5. The first-order chi connectivity index (χ1) is 14.1. The van der Waals surface area contributed by atoms with Crippen molar-refractivity contribution in [1.29, 1.82) is 0 Å². The van der Waals surface area contributed by atoms with E-state index in [4.69, 9.17) is 5.73 Å². The van der Waals surface area contributed by atoms with Crippen molar-refractivity contribution in [3.8, 4) is 0 Å². The molecule has 3 aromatic rings. The Morgan fingerprint density at radius 2 is 1.87 bits per heavy atom. The predicted octanol–water partition coefficient (Wildman–Crippen LogP) is 5.32. The summed E-state index contributed by atoms with van der Waals surface area (Å²) in [6.45, 7) is 3.90. The molecule has 0 radical (unpaired) electrons. The second-order valence-corrected chi connectivity index (χ2v) is 7.47. The topological polar surface area (TPSA) is 62.1 Å². The Kier molecular flexibility index (Phi) is 4.68. The van der Waals surface area contributed by atoms with Gasteiger partial charge >= 0.3 is 6.18 Å². The van der Waals surface area contributed by atoms with Crippen molar-refractivity contribution in [2.75, 3.05) is 10.6 Å². The van der Waals surface area contributed by atoms with E-state index in [0.717, 1.165) is 29.1 Å². The Labute approximate surface area is 171 Å². The zero-order valence-electron chi connectivity index (χ0n) is 16.5. The predicted molar refractivity (Wildman–Crippen MR) is 112 cm³/mol. The van der Waals surface area contributed by atoms with Gasteiger partial charge in [0.15, 0.2) is 0 Å². The van der Waals surface area contributed by atoms with E-state index in [-0.39, 0.29) is 12.5 Å². The smallest absolute Gasteiger partial charge is 0.399 e. The third-order valence-corrected chi connectivity index (χ3v) is 5.15. The number of carbonyl (C=O) groups excluding carboxylic acids is 1. The molecular formula is C23H20F3N3O. The van der Waals surface area contributed by atoms with E-state index in [1.807, 2.05) is 19.9 Å². The van der Waals surface area contributed by atoms with Crippen LogP contribution in [0, 0.1) is 13.8 Å². The number of nitrogens with zero attached hydrogens (tertiary/aromatic N) is 1. The van der Waals surface area contributed by atoms with Gasteiger partial charge in [-0.3, -0.25) is 4.79 Å². The molecule has 2 aromatic carbocycles. The summed E-state index contributed by atoms with van der Waals surface area (Å²) in [4.78, 5) is 18.0. The van der Waals surface area contributed by atoms with E-state index in [1.165, 1.54) is 11.0 Å². The van der Waals surface area contributed by atoms with Crippen LogP contribution in [0.15, 0.2) is 48.5 Å². The number of rotatable bonds is 3. The molecule has 0 saturated heterocycles. The van der Waals surface area contributed by atoms with Gasteiger partial charge in [0.05, 0.1) is 23.4 Å². The third kappa shape index (κ3) is 3.58. The molecule has 4 nitrogen and oxygen atoms in total. The minimum absolute atomic E-state index is 0.0275. The van der Waals surface area contributed by atoms with Gasteiger partial charge in [0.25, 0.3) is 5.91 Å². The first kappa shape index (κ1) is 19.8. The average Bonchev–Trinajstić information content (AvgIpc) is 3.12. The first-order valence-electron chi connectivity index (χ1n) is 9.39. The number of carbonyl (C=O) groups is 1. The fourth-order valence-corrected chi connectivity index (χ4v) is 3.74. The molecular weight excluding hydrogens is 391 g/mol. The Morgan fingerprint density at radius 1 is 1.10 bits per heavy atom. The summed E-state index contributed by atoms with van der Waals surface area (Å²) in [7, 11) is 0. The van der Waals surface area contributed by atoms with Crippen LogP contribution in [-0.2, 0) is 17.5 Å². The fourth-order valence-electron chi connectivity index (χ4n) is 3.74. The van der Waals surface area contributed by atoms with E-state index in [9.17, 15) is 18.0 Å². The molecule has 1 aliphatic heterocycles. The normalized spacial score (nSPS) is 15.2. The maximum absolute atomic E-state index is 13.3. The van der Waals surface area contributed by atoms with Gasteiger partial charge in [-0.25, -0.2) is 0 Å². The van der Waals surface area contributed by atoms with E-state index < -0.39 is 11.7 Å². The van der Waals surface area contributed by atoms with E-state index in [1.54, 1.807) is 30.3 Å².